The summed E-state index contributed by atoms with van der Waals surface area (Å²) in [5, 5.41) is 20.8. The van der Waals surface area contributed by atoms with E-state index in [1.54, 1.807) is 12.1 Å². The minimum absolute atomic E-state index is 0.0516. The molecule has 126 valence electrons. The van der Waals surface area contributed by atoms with Crippen LogP contribution in [0.3, 0.4) is 0 Å². The summed E-state index contributed by atoms with van der Waals surface area (Å²) in [6.07, 6.45) is 1.25. The van der Waals surface area contributed by atoms with Gasteiger partial charge in [-0.1, -0.05) is 23.7 Å². The van der Waals surface area contributed by atoms with E-state index in [-0.39, 0.29) is 10.5 Å². The zero-order chi connectivity index (χ0) is 18.1. The van der Waals surface area contributed by atoms with Crippen LogP contribution in [0.15, 0.2) is 47.4 Å². The second-order valence-electron chi connectivity index (χ2n) is 4.97. The highest BCUT2D eigenvalue weighted by Gasteiger charge is 2.36. The summed E-state index contributed by atoms with van der Waals surface area (Å²) in [5.74, 6) is -1.14. The third-order valence-corrected chi connectivity index (χ3v) is 4.53. The van der Waals surface area contributed by atoms with E-state index >= 15 is 0 Å². The zero-order valence-electron chi connectivity index (χ0n) is 12.4. The van der Waals surface area contributed by atoms with E-state index in [9.17, 15) is 24.8 Å². The van der Waals surface area contributed by atoms with Crippen LogP contribution in [0.2, 0.25) is 5.02 Å². The molecular weight excluding hydrogens is 368 g/mol. The normalized spacial score (nSPS) is 15.9. The van der Waals surface area contributed by atoms with Gasteiger partial charge in [-0.05, 0) is 42.1 Å². The lowest BCUT2D eigenvalue weighted by Crippen LogP contribution is -2.27. The van der Waals surface area contributed by atoms with Crippen molar-refractivity contribution in [2.45, 2.75) is 0 Å². The molecule has 2 aromatic rings. The number of carbonyl (C=O) groups excluding carboxylic acids is 2. The number of nitrogens with zero attached hydrogens (tertiary/aromatic N) is 2. The maximum Gasteiger partial charge on any atom is 0.311 e. The average Bonchev–Trinajstić information content (AvgIpc) is 2.84. The number of imide groups is 1. The summed E-state index contributed by atoms with van der Waals surface area (Å²) < 4.78 is 0. The highest BCUT2D eigenvalue weighted by molar-refractivity contribution is 8.19. The minimum Gasteiger partial charge on any atom is -0.502 e. The number of phenolic OH excluding ortho intramolecular Hbond substituents is 1. The molecule has 25 heavy (non-hydrogen) atoms. The number of rotatable bonds is 3. The van der Waals surface area contributed by atoms with E-state index in [4.69, 9.17) is 11.6 Å². The number of anilines is 1. The molecule has 0 unspecified atom stereocenters. The van der Waals surface area contributed by atoms with Gasteiger partial charge < -0.3 is 5.11 Å². The Bertz CT molecular complexity index is 927. The molecule has 0 radical (unpaired) electrons. The van der Waals surface area contributed by atoms with Gasteiger partial charge >= 0.3 is 5.69 Å². The fourth-order valence-electron chi connectivity index (χ4n) is 2.23. The van der Waals surface area contributed by atoms with Crippen molar-refractivity contribution in [2.24, 2.45) is 0 Å². The second kappa shape index (κ2) is 6.58. The first-order valence-electron chi connectivity index (χ1n) is 6.88. The van der Waals surface area contributed by atoms with Crippen LogP contribution >= 0.6 is 23.4 Å². The number of hydrogen-bond donors (Lipinski definition) is 1. The molecule has 3 rings (SSSR count). The van der Waals surface area contributed by atoms with Crippen LogP contribution in [0, 0.1) is 10.1 Å². The number of aromatic hydroxyl groups is 1. The number of phenols is 1. The summed E-state index contributed by atoms with van der Waals surface area (Å²) in [6, 6.07) is 10.1. The Morgan fingerprint density at radius 2 is 1.84 bits per heavy atom. The summed E-state index contributed by atoms with van der Waals surface area (Å²) >= 11 is 6.48. The summed E-state index contributed by atoms with van der Waals surface area (Å²) in [7, 11) is 0. The van der Waals surface area contributed by atoms with Crippen LogP contribution < -0.4 is 4.90 Å². The van der Waals surface area contributed by atoms with Crippen LogP contribution in [0.25, 0.3) is 6.08 Å². The first-order valence-corrected chi connectivity index (χ1v) is 8.08. The lowest BCUT2D eigenvalue weighted by atomic mass is 10.1. The summed E-state index contributed by atoms with van der Waals surface area (Å²) in [5.41, 5.74) is -0.0416. The molecule has 1 N–H and O–H groups in total. The molecule has 0 aromatic heterocycles. The molecule has 0 aliphatic carbocycles. The summed E-state index contributed by atoms with van der Waals surface area (Å²) in [4.78, 5) is 35.8. The lowest BCUT2D eigenvalue weighted by molar-refractivity contribution is -0.385. The molecule has 0 spiro atoms. The first kappa shape index (κ1) is 17.0. The number of nitro benzene ring substituents is 1. The third-order valence-electron chi connectivity index (χ3n) is 3.41. The Kier molecular flexibility index (Phi) is 4.47. The number of halogens is 1. The molecule has 1 saturated heterocycles. The average molecular weight is 377 g/mol. The van der Waals surface area contributed by atoms with Crippen molar-refractivity contribution in [1.29, 1.82) is 0 Å². The fraction of sp³-hybridized carbons (Fsp3) is 0. The molecule has 2 aromatic carbocycles. The number of benzene rings is 2. The van der Waals surface area contributed by atoms with Crippen molar-refractivity contribution in [3.05, 3.63) is 68.1 Å². The monoisotopic (exact) mass is 376 g/mol. The standard InChI is InChI=1S/C16H9ClN2O5S/c17-10-4-6-11(7-5-10)18-15(21)13(25-16(18)22)8-9-2-1-3-12(14(9)20)19(23)24/h1-8,20H/b13-8+. The molecular formula is C16H9ClN2O5S. The largest absolute Gasteiger partial charge is 0.502 e. The van der Waals surface area contributed by atoms with E-state index in [1.807, 2.05) is 0 Å². The Morgan fingerprint density at radius 1 is 1.16 bits per heavy atom. The van der Waals surface area contributed by atoms with E-state index < -0.39 is 27.5 Å². The Hall–Kier alpha value is -2.84. The lowest BCUT2D eigenvalue weighted by Gasteiger charge is -2.12. The number of carbonyl (C=O) groups is 2. The molecule has 1 fully saturated rings. The molecule has 1 heterocycles. The van der Waals surface area contributed by atoms with Gasteiger partial charge in [0.25, 0.3) is 11.1 Å². The Morgan fingerprint density at radius 3 is 2.48 bits per heavy atom. The number of nitro groups is 1. The molecule has 9 heteroatoms. The fourth-order valence-corrected chi connectivity index (χ4v) is 3.19. The van der Waals surface area contributed by atoms with Gasteiger partial charge in [0.2, 0.25) is 5.75 Å². The van der Waals surface area contributed by atoms with Gasteiger partial charge in [-0.3, -0.25) is 19.7 Å². The maximum absolute atomic E-state index is 12.5. The van der Waals surface area contributed by atoms with Gasteiger partial charge in [0.1, 0.15) is 0 Å². The van der Waals surface area contributed by atoms with Gasteiger partial charge in [-0.2, -0.15) is 0 Å². The quantitative estimate of drug-likeness (QED) is 0.489. The van der Waals surface area contributed by atoms with Gasteiger partial charge in [-0.15, -0.1) is 0 Å². The van der Waals surface area contributed by atoms with Crippen LogP contribution in [-0.2, 0) is 4.79 Å². The van der Waals surface area contributed by atoms with E-state index in [2.05, 4.69) is 0 Å². The van der Waals surface area contributed by atoms with E-state index in [1.165, 1.54) is 30.3 Å². The van der Waals surface area contributed by atoms with Crippen molar-refractivity contribution in [3.63, 3.8) is 0 Å². The van der Waals surface area contributed by atoms with Gasteiger partial charge in [0.05, 0.1) is 15.5 Å². The predicted molar refractivity (Wildman–Crippen MR) is 94.7 cm³/mol. The molecule has 1 aliphatic rings. The highest BCUT2D eigenvalue weighted by atomic mass is 35.5. The van der Waals surface area contributed by atoms with Crippen LogP contribution in [0.1, 0.15) is 5.56 Å². The SMILES string of the molecule is O=C1S/C(=C/c2cccc([N+](=O)[O-])c2O)C(=O)N1c1ccc(Cl)cc1. The first-order chi connectivity index (χ1) is 11.9. The molecule has 0 atom stereocenters. The number of para-hydroxylation sites is 1. The van der Waals surface area contributed by atoms with Crippen LogP contribution in [0.4, 0.5) is 16.2 Å². The molecule has 7 nitrogen and oxygen atoms in total. The number of thioether (sulfide) groups is 1. The van der Waals surface area contributed by atoms with Crippen LogP contribution in [0.5, 0.6) is 5.75 Å². The molecule has 1 aliphatic heterocycles. The van der Waals surface area contributed by atoms with Crippen molar-refractivity contribution < 1.29 is 19.6 Å². The molecule has 2 amide bonds. The van der Waals surface area contributed by atoms with Gasteiger partial charge in [-0.25, -0.2) is 4.90 Å². The maximum atomic E-state index is 12.5. The van der Waals surface area contributed by atoms with Crippen molar-refractivity contribution >= 4 is 52.0 Å². The second-order valence-corrected chi connectivity index (χ2v) is 6.40. The third kappa shape index (κ3) is 3.21. The van der Waals surface area contributed by atoms with Crippen molar-refractivity contribution in [1.82, 2.24) is 0 Å². The van der Waals surface area contributed by atoms with Crippen LogP contribution in [-0.4, -0.2) is 21.2 Å². The molecule has 0 bridgehead atoms. The van der Waals surface area contributed by atoms with Gasteiger partial charge in [0, 0.05) is 16.7 Å². The van der Waals surface area contributed by atoms with Gasteiger partial charge in [0.15, 0.2) is 0 Å². The minimum atomic E-state index is -0.730. The van der Waals surface area contributed by atoms with Crippen molar-refractivity contribution in [2.75, 3.05) is 4.90 Å². The Balaban J connectivity index is 1.97. The summed E-state index contributed by atoms with van der Waals surface area (Å²) in [6.45, 7) is 0. The van der Waals surface area contributed by atoms with Crippen molar-refractivity contribution in [3.8, 4) is 5.75 Å². The Labute approximate surface area is 150 Å². The molecule has 0 saturated carbocycles. The van der Waals surface area contributed by atoms with E-state index in [0.717, 1.165) is 11.0 Å². The van der Waals surface area contributed by atoms with E-state index in [0.29, 0.717) is 22.5 Å². The zero-order valence-corrected chi connectivity index (χ0v) is 14.0. The number of amides is 2. The predicted octanol–water partition coefficient (Wildman–Crippen LogP) is 4.19. The smallest absolute Gasteiger partial charge is 0.311 e. The highest BCUT2D eigenvalue weighted by Crippen LogP contribution is 2.38. The number of hydrogen-bond acceptors (Lipinski definition) is 6. The topological polar surface area (TPSA) is 101 Å².